The van der Waals surface area contributed by atoms with Crippen molar-refractivity contribution in [1.82, 2.24) is 0 Å². The minimum absolute atomic E-state index is 0.0224. The third-order valence-electron chi connectivity index (χ3n) is 3.13. The van der Waals surface area contributed by atoms with Crippen LogP contribution in [-0.4, -0.2) is 83.0 Å². The van der Waals surface area contributed by atoms with E-state index in [1.807, 2.05) is 0 Å². The molecule has 0 aromatic carbocycles. The maximum atomic E-state index is 12.6. The number of alkyl halides is 9. The number of carbonyl (C=O) groups is 1. The lowest BCUT2D eigenvalue weighted by Gasteiger charge is -2.37. The average Bonchev–Trinajstić information content (AvgIpc) is 2.58. The van der Waals surface area contributed by atoms with Crippen LogP contribution in [0.2, 0.25) is 0 Å². The fraction of sp³-hybridized carbons (Fsp3) is 0.800. The van der Waals surface area contributed by atoms with Gasteiger partial charge in [0.1, 0.15) is 6.61 Å². The molecule has 0 aromatic rings. The molecule has 0 aliphatic carbocycles. The molecule has 30 heavy (non-hydrogen) atoms. The van der Waals surface area contributed by atoms with Crippen LogP contribution in [0.5, 0.6) is 0 Å². The summed E-state index contributed by atoms with van der Waals surface area (Å²) in [5.74, 6) is -0.631. The highest BCUT2D eigenvalue weighted by atomic mass is 19.4. The summed E-state index contributed by atoms with van der Waals surface area (Å²) in [5, 5.41) is 0. The molecule has 15 heteroatoms. The highest BCUT2D eigenvalue weighted by Crippen LogP contribution is 2.54. The molecular weight excluding hydrogens is 447 g/mol. The fourth-order valence-corrected chi connectivity index (χ4v) is 1.78. The Labute approximate surface area is 164 Å². The van der Waals surface area contributed by atoms with Crippen LogP contribution in [0.4, 0.5) is 39.5 Å². The maximum Gasteiger partial charge on any atom is 0.435 e. The smallest absolute Gasteiger partial charge is 0.435 e. The number of halogens is 9. The first-order chi connectivity index (χ1) is 13.7. The Bertz CT molecular complexity index is 480. The van der Waals surface area contributed by atoms with Crippen molar-refractivity contribution < 1.29 is 68.0 Å². The van der Waals surface area contributed by atoms with Crippen molar-refractivity contribution in [3.8, 4) is 0 Å². The van der Waals surface area contributed by atoms with E-state index in [1.54, 1.807) is 0 Å². The van der Waals surface area contributed by atoms with Gasteiger partial charge in [-0.2, -0.15) is 39.5 Å². The van der Waals surface area contributed by atoms with E-state index < -0.39 is 43.3 Å². The van der Waals surface area contributed by atoms with Crippen LogP contribution in [-0.2, 0) is 28.5 Å². The van der Waals surface area contributed by atoms with Gasteiger partial charge in [-0.25, -0.2) is 4.79 Å². The Balaban J connectivity index is 4.10. The van der Waals surface area contributed by atoms with E-state index in [4.69, 9.17) is 9.47 Å². The van der Waals surface area contributed by atoms with E-state index >= 15 is 0 Å². The molecule has 0 aromatic heterocycles. The summed E-state index contributed by atoms with van der Waals surface area (Å²) in [5.41, 5.74) is -6.32. The lowest BCUT2D eigenvalue weighted by atomic mass is 10.0. The Morgan fingerprint density at radius 2 is 0.967 bits per heavy atom. The van der Waals surface area contributed by atoms with E-state index in [2.05, 4.69) is 20.8 Å². The lowest BCUT2D eigenvalue weighted by Crippen LogP contribution is -2.68. The molecule has 0 unspecified atom stereocenters. The van der Waals surface area contributed by atoms with E-state index in [9.17, 15) is 44.3 Å². The summed E-state index contributed by atoms with van der Waals surface area (Å²) in [6.07, 6.45) is -19.4. The second-order valence-corrected chi connectivity index (χ2v) is 5.23. The van der Waals surface area contributed by atoms with Gasteiger partial charge in [0.25, 0.3) is 0 Å². The number of hydrogen-bond acceptors (Lipinski definition) is 6. The molecule has 0 spiro atoms. The van der Waals surface area contributed by atoms with Crippen molar-refractivity contribution in [2.24, 2.45) is 0 Å². The number of rotatable bonds is 14. The highest BCUT2D eigenvalue weighted by Gasteiger charge is 2.85. The SMILES string of the molecule is C=CC(=O)OCCOCCOCCOCCOC(C(F)(F)F)(C(F)(F)F)C(F)(F)F. The number of esters is 1. The van der Waals surface area contributed by atoms with Crippen molar-refractivity contribution in [3.63, 3.8) is 0 Å². The Morgan fingerprint density at radius 3 is 1.30 bits per heavy atom. The van der Waals surface area contributed by atoms with Gasteiger partial charge < -0.3 is 23.7 Å². The van der Waals surface area contributed by atoms with Gasteiger partial charge in [-0.1, -0.05) is 6.58 Å². The van der Waals surface area contributed by atoms with Crippen molar-refractivity contribution in [1.29, 1.82) is 0 Å². The zero-order valence-corrected chi connectivity index (χ0v) is 15.3. The van der Waals surface area contributed by atoms with Crippen LogP contribution in [0.15, 0.2) is 12.7 Å². The first-order valence-corrected chi connectivity index (χ1v) is 8.07. The molecule has 0 saturated heterocycles. The second kappa shape index (κ2) is 12.3. The van der Waals surface area contributed by atoms with Crippen LogP contribution in [0.25, 0.3) is 0 Å². The van der Waals surface area contributed by atoms with Gasteiger partial charge in [-0.3, -0.25) is 0 Å². The largest absolute Gasteiger partial charge is 0.460 e. The van der Waals surface area contributed by atoms with Gasteiger partial charge in [0.2, 0.25) is 0 Å². The summed E-state index contributed by atoms with van der Waals surface area (Å²) in [4.78, 5) is 10.7. The average molecular weight is 466 g/mol. The summed E-state index contributed by atoms with van der Waals surface area (Å²) >= 11 is 0. The minimum Gasteiger partial charge on any atom is -0.460 e. The predicted molar refractivity (Wildman–Crippen MR) is 80.5 cm³/mol. The lowest BCUT2D eigenvalue weighted by molar-refractivity contribution is -0.457. The van der Waals surface area contributed by atoms with E-state index in [0.29, 0.717) is 0 Å². The first kappa shape index (κ1) is 28.4. The third-order valence-corrected chi connectivity index (χ3v) is 3.13. The Kier molecular flexibility index (Phi) is 11.7. The molecule has 0 fully saturated rings. The standard InChI is InChI=1S/C15H19F9O6/c1-2-11(25)29-9-7-27-5-3-26-4-6-28-8-10-30-12(13(16,17)18,14(19,20)21)15(22,23)24/h2H,1,3-10H2. The molecule has 0 bridgehead atoms. The van der Waals surface area contributed by atoms with E-state index in [-0.39, 0.29) is 39.6 Å². The molecule has 0 radical (unpaired) electrons. The number of carbonyl (C=O) groups excluding carboxylic acids is 1. The summed E-state index contributed by atoms with van der Waals surface area (Å²) in [7, 11) is 0. The maximum absolute atomic E-state index is 12.6. The van der Waals surface area contributed by atoms with E-state index in [1.165, 1.54) is 0 Å². The van der Waals surface area contributed by atoms with Gasteiger partial charge in [0, 0.05) is 6.08 Å². The van der Waals surface area contributed by atoms with Gasteiger partial charge >= 0.3 is 30.1 Å². The molecule has 0 aliphatic rings. The summed E-state index contributed by atoms with van der Waals surface area (Å²) in [6, 6.07) is 0. The molecule has 0 heterocycles. The summed E-state index contributed by atoms with van der Waals surface area (Å²) < 4.78 is 136. The molecule has 0 saturated carbocycles. The molecule has 0 aliphatic heterocycles. The van der Waals surface area contributed by atoms with E-state index in [0.717, 1.165) is 6.08 Å². The molecule has 0 atom stereocenters. The zero-order valence-electron chi connectivity index (χ0n) is 15.3. The molecule has 178 valence electrons. The third kappa shape index (κ3) is 8.65. The summed E-state index contributed by atoms with van der Waals surface area (Å²) in [6.45, 7) is 0.210. The number of ether oxygens (including phenoxy) is 5. The van der Waals surface area contributed by atoms with Gasteiger partial charge in [0.15, 0.2) is 0 Å². The normalized spacial score (nSPS) is 13.4. The Morgan fingerprint density at radius 1 is 0.633 bits per heavy atom. The Hall–Kier alpha value is -1.58. The van der Waals surface area contributed by atoms with Crippen molar-refractivity contribution in [3.05, 3.63) is 12.7 Å². The predicted octanol–water partition coefficient (Wildman–Crippen LogP) is 3.21. The minimum atomic E-state index is -6.78. The molecule has 0 amide bonds. The quantitative estimate of drug-likeness (QED) is 0.170. The van der Waals surface area contributed by atoms with Crippen LogP contribution in [0.1, 0.15) is 0 Å². The monoisotopic (exact) mass is 466 g/mol. The van der Waals surface area contributed by atoms with Crippen LogP contribution in [0.3, 0.4) is 0 Å². The topological polar surface area (TPSA) is 63.2 Å². The molecular formula is C15H19F9O6. The fourth-order valence-electron chi connectivity index (χ4n) is 1.78. The number of hydrogen-bond donors (Lipinski definition) is 0. The molecule has 6 nitrogen and oxygen atoms in total. The van der Waals surface area contributed by atoms with Crippen LogP contribution >= 0.6 is 0 Å². The van der Waals surface area contributed by atoms with Crippen molar-refractivity contribution >= 4 is 5.97 Å². The first-order valence-electron chi connectivity index (χ1n) is 8.07. The van der Waals surface area contributed by atoms with Crippen LogP contribution < -0.4 is 0 Å². The molecule has 0 rings (SSSR count). The van der Waals surface area contributed by atoms with Crippen LogP contribution in [0, 0.1) is 0 Å². The zero-order chi connectivity index (χ0) is 23.5. The van der Waals surface area contributed by atoms with Gasteiger partial charge in [-0.15, -0.1) is 0 Å². The second-order valence-electron chi connectivity index (χ2n) is 5.23. The highest BCUT2D eigenvalue weighted by molar-refractivity contribution is 5.81. The van der Waals surface area contributed by atoms with Crippen molar-refractivity contribution in [2.75, 3.05) is 52.9 Å². The van der Waals surface area contributed by atoms with Gasteiger partial charge in [-0.05, 0) is 0 Å². The molecule has 0 N–H and O–H groups in total. The van der Waals surface area contributed by atoms with Gasteiger partial charge in [0.05, 0.1) is 46.2 Å². The van der Waals surface area contributed by atoms with Crippen molar-refractivity contribution in [2.45, 2.75) is 24.1 Å².